The maximum Gasteiger partial charge on any atom is 0.252 e. The van der Waals surface area contributed by atoms with E-state index in [9.17, 15) is 14.9 Å². The van der Waals surface area contributed by atoms with Gasteiger partial charge in [-0.2, -0.15) is 10.4 Å². The molecule has 26 heavy (non-hydrogen) atoms. The molecule has 0 radical (unpaired) electrons. The van der Waals surface area contributed by atoms with Crippen molar-refractivity contribution in [2.75, 3.05) is 26.6 Å². The number of nitrogens with two attached hydrogens (primary N) is 1. The summed E-state index contributed by atoms with van der Waals surface area (Å²) in [5.41, 5.74) is 5.84. The minimum atomic E-state index is -0.572. The predicted molar refractivity (Wildman–Crippen MR) is 90.4 cm³/mol. The van der Waals surface area contributed by atoms with Crippen LogP contribution in [0.1, 0.15) is 48.2 Å². The summed E-state index contributed by atoms with van der Waals surface area (Å²) >= 11 is 0. The van der Waals surface area contributed by atoms with Gasteiger partial charge in [0, 0.05) is 25.0 Å². The number of amides is 1. The molecule has 1 aromatic heterocycles. The molecule has 1 aromatic rings. The average molecular weight is 358 g/mol. The van der Waals surface area contributed by atoms with E-state index in [1.165, 1.54) is 0 Å². The van der Waals surface area contributed by atoms with Crippen LogP contribution in [0.25, 0.3) is 0 Å². The molecule has 1 amide bonds. The van der Waals surface area contributed by atoms with Gasteiger partial charge in [-0.25, -0.2) is 0 Å². The van der Waals surface area contributed by atoms with Gasteiger partial charge >= 0.3 is 0 Å². The third-order valence-corrected chi connectivity index (χ3v) is 6.16. The molecule has 1 saturated carbocycles. The van der Waals surface area contributed by atoms with Crippen molar-refractivity contribution in [3.8, 4) is 6.07 Å². The average Bonchev–Trinajstić information content (AvgIpc) is 3.35. The van der Waals surface area contributed by atoms with Gasteiger partial charge in [0.15, 0.2) is 13.5 Å². The Morgan fingerprint density at radius 1 is 1.38 bits per heavy atom. The van der Waals surface area contributed by atoms with E-state index in [0.717, 1.165) is 56.7 Å². The van der Waals surface area contributed by atoms with Crippen molar-refractivity contribution in [2.24, 2.45) is 11.7 Å². The van der Waals surface area contributed by atoms with Gasteiger partial charge in [-0.1, -0.05) is 0 Å². The van der Waals surface area contributed by atoms with Gasteiger partial charge in [-0.3, -0.25) is 23.5 Å². The van der Waals surface area contributed by atoms with Crippen LogP contribution >= 0.6 is 0 Å². The molecule has 0 bridgehead atoms. The van der Waals surface area contributed by atoms with Crippen LogP contribution in [-0.2, 0) is 21.5 Å². The summed E-state index contributed by atoms with van der Waals surface area (Å²) in [7, 11) is 0. The molecule has 3 heterocycles. The fraction of sp³-hybridized carbons (Fsp3) is 0.667. The van der Waals surface area contributed by atoms with Crippen LogP contribution < -0.4 is 5.73 Å². The lowest BCUT2D eigenvalue weighted by Gasteiger charge is -2.51. The summed E-state index contributed by atoms with van der Waals surface area (Å²) in [5, 5.41) is 14.0. The van der Waals surface area contributed by atoms with Crippen molar-refractivity contribution in [1.82, 2.24) is 9.78 Å². The quantitative estimate of drug-likeness (QED) is 0.751. The van der Waals surface area contributed by atoms with Gasteiger partial charge in [0.2, 0.25) is 0 Å². The highest BCUT2D eigenvalue weighted by Crippen LogP contribution is 2.38. The number of piperidine rings is 1. The van der Waals surface area contributed by atoms with Crippen LogP contribution in [0.4, 0.5) is 0 Å². The summed E-state index contributed by atoms with van der Waals surface area (Å²) in [6.07, 6.45) is 5.55. The fourth-order valence-corrected chi connectivity index (χ4v) is 4.07. The minimum absolute atomic E-state index is 0.111. The minimum Gasteiger partial charge on any atom is -0.365 e. The van der Waals surface area contributed by atoms with Crippen LogP contribution in [-0.4, -0.2) is 52.5 Å². The number of nitriles is 1. The molecule has 0 unspecified atom stereocenters. The predicted octanol–water partition coefficient (Wildman–Crippen LogP) is 0.668. The first-order valence-electron chi connectivity index (χ1n) is 9.18. The first kappa shape index (κ1) is 17.2. The number of hydrogen-bond acceptors (Lipinski definition) is 5. The van der Waals surface area contributed by atoms with E-state index in [1.807, 2.05) is 0 Å². The number of nitrogens with zero attached hydrogens (tertiary/aromatic N) is 4. The topological polar surface area (TPSA) is 111 Å². The number of Topliss-reactive ketones (excluding diaryl/α,β-unsaturated/α-hetero) is 1. The Morgan fingerprint density at radius 2 is 2.08 bits per heavy atom. The van der Waals surface area contributed by atoms with Gasteiger partial charge in [-0.05, 0) is 12.8 Å². The Morgan fingerprint density at radius 3 is 2.58 bits per heavy atom. The molecule has 2 saturated heterocycles. The highest BCUT2D eigenvalue weighted by atomic mass is 16.6. The zero-order chi connectivity index (χ0) is 18.4. The van der Waals surface area contributed by atoms with Gasteiger partial charge in [-0.15, -0.1) is 0 Å². The van der Waals surface area contributed by atoms with Crippen molar-refractivity contribution in [2.45, 2.75) is 44.1 Å². The molecule has 2 N–H and O–H groups in total. The Kier molecular flexibility index (Phi) is 4.09. The van der Waals surface area contributed by atoms with E-state index in [-0.39, 0.29) is 18.1 Å². The maximum absolute atomic E-state index is 12.2. The van der Waals surface area contributed by atoms with E-state index in [1.54, 1.807) is 10.9 Å². The maximum atomic E-state index is 12.2. The largest absolute Gasteiger partial charge is 0.365 e. The third-order valence-electron chi connectivity index (χ3n) is 6.16. The van der Waals surface area contributed by atoms with E-state index in [0.29, 0.717) is 17.7 Å². The van der Waals surface area contributed by atoms with Crippen molar-refractivity contribution < 1.29 is 18.8 Å². The third kappa shape index (κ3) is 2.91. The zero-order valence-corrected chi connectivity index (χ0v) is 14.8. The Hall–Kier alpha value is -2.24. The number of primary amides is 1. The zero-order valence-electron chi connectivity index (χ0n) is 14.8. The van der Waals surface area contributed by atoms with Crippen molar-refractivity contribution in [1.29, 1.82) is 5.26 Å². The Labute approximate surface area is 152 Å². The van der Waals surface area contributed by atoms with Gasteiger partial charge in [0.25, 0.3) is 5.91 Å². The van der Waals surface area contributed by atoms with Crippen molar-refractivity contribution >= 4 is 11.7 Å². The Balaban J connectivity index is 1.62. The molecule has 8 nitrogen and oxygen atoms in total. The Bertz CT molecular complexity index is 775. The second-order valence-corrected chi connectivity index (χ2v) is 8.03. The number of ether oxygens (including phenoxy) is 1. The van der Waals surface area contributed by atoms with E-state index in [4.69, 9.17) is 10.5 Å². The molecule has 2 aliphatic heterocycles. The second kappa shape index (κ2) is 6.18. The monoisotopic (exact) mass is 358 g/mol. The lowest BCUT2D eigenvalue weighted by Crippen LogP contribution is -2.65. The molecule has 3 aliphatic rings. The summed E-state index contributed by atoms with van der Waals surface area (Å²) in [6, 6.07) is 2.28. The molecule has 8 heteroatoms. The van der Waals surface area contributed by atoms with E-state index in [2.05, 4.69) is 11.2 Å². The van der Waals surface area contributed by atoms with Crippen LogP contribution in [0.3, 0.4) is 0 Å². The van der Waals surface area contributed by atoms with Crippen molar-refractivity contribution in [3.63, 3.8) is 0 Å². The number of carbonyl (C=O) groups is 2. The normalized spacial score (nSPS) is 23.2. The van der Waals surface area contributed by atoms with E-state index >= 15 is 0 Å². The first-order valence-corrected chi connectivity index (χ1v) is 9.18. The lowest BCUT2D eigenvalue weighted by atomic mass is 9.84. The summed E-state index contributed by atoms with van der Waals surface area (Å²) in [4.78, 5) is 24.1. The number of rotatable bonds is 6. The number of hydrogen-bond donors (Lipinski definition) is 1. The summed E-state index contributed by atoms with van der Waals surface area (Å²) in [5.74, 6) is -0.338. The highest BCUT2D eigenvalue weighted by Gasteiger charge is 2.48. The highest BCUT2D eigenvalue weighted by molar-refractivity contribution is 5.95. The molecule has 0 aromatic carbocycles. The number of aromatic nitrogens is 2. The molecule has 138 valence electrons. The molecule has 0 atom stereocenters. The molecule has 3 fully saturated rings. The van der Waals surface area contributed by atoms with Crippen LogP contribution in [0, 0.1) is 17.2 Å². The van der Waals surface area contributed by atoms with Gasteiger partial charge in [0.1, 0.15) is 5.78 Å². The smallest absolute Gasteiger partial charge is 0.252 e. The van der Waals surface area contributed by atoms with E-state index < -0.39 is 11.4 Å². The van der Waals surface area contributed by atoms with Crippen LogP contribution in [0.2, 0.25) is 0 Å². The fourth-order valence-electron chi connectivity index (χ4n) is 4.07. The first-order chi connectivity index (χ1) is 12.5. The molecule has 1 spiro atoms. The molecule has 4 rings (SSSR count). The summed E-state index contributed by atoms with van der Waals surface area (Å²) in [6.45, 7) is 3.30. The van der Waals surface area contributed by atoms with Gasteiger partial charge in [0.05, 0.1) is 48.8 Å². The standard InChI is InChI=1S/C18H23N5O3/c19-6-3-18(4-7-23(8-5-18)11-26-12-23)22-10-14(17(20)25)15(21-22)9-16(24)13-1-2-13/h10,13H,1-5,7-9,11-12H2,(H-,20,25)/p+1. The number of quaternary nitrogens is 1. The van der Waals surface area contributed by atoms with Crippen LogP contribution in [0.15, 0.2) is 6.20 Å². The van der Waals surface area contributed by atoms with Crippen LogP contribution in [0.5, 0.6) is 0 Å². The SMILES string of the molecule is N#CCC1(n2cc(C(N)=O)c(CC(=O)C3CC3)n2)CC[N+]2(CC1)COC2. The number of carbonyl (C=O) groups excluding carboxylic acids is 2. The molecular weight excluding hydrogens is 334 g/mol. The van der Waals surface area contributed by atoms with Crippen molar-refractivity contribution in [3.05, 3.63) is 17.5 Å². The molecular formula is C18H24N5O3+. The lowest BCUT2D eigenvalue weighted by molar-refractivity contribution is -1.03. The van der Waals surface area contributed by atoms with Gasteiger partial charge < -0.3 is 5.73 Å². The number of ketones is 1. The summed E-state index contributed by atoms with van der Waals surface area (Å²) < 4.78 is 8.05. The second-order valence-electron chi connectivity index (χ2n) is 8.03. The molecule has 1 aliphatic carbocycles.